The molecule has 0 fully saturated rings. The fourth-order valence-electron chi connectivity index (χ4n) is 1.96. The van der Waals surface area contributed by atoms with Crippen LogP contribution in [0.15, 0.2) is 18.2 Å². The molecule has 1 aromatic heterocycles. The van der Waals surface area contributed by atoms with Gasteiger partial charge >= 0.3 is 0 Å². The molecule has 17 heavy (non-hydrogen) atoms. The third kappa shape index (κ3) is 2.61. The summed E-state index contributed by atoms with van der Waals surface area (Å²) in [7, 11) is -0.843. The molecule has 0 aliphatic rings. The maximum absolute atomic E-state index is 11.3. The van der Waals surface area contributed by atoms with E-state index in [1.165, 1.54) is 0 Å². The van der Waals surface area contributed by atoms with Crippen molar-refractivity contribution in [1.29, 1.82) is 0 Å². The lowest BCUT2D eigenvalue weighted by atomic mass is 10.3. The molecule has 3 nitrogen and oxygen atoms in total. The number of H-pyrrole nitrogens is 1. The van der Waals surface area contributed by atoms with E-state index >= 15 is 0 Å². The molecule has 1 N–H and O–H groups in total. The zero-order valence-corrected chi connectivity index (χ0v) is 12.0. The Balaban J connectivity index is 2.57. The number of fused-ring (bicyclic) bond motifs is 1. The fourth-order valence-corrected chi connectivity index (χ4v) is 3.34. The first-order valence-electron chi connectivity index (χ1n) is 5.19. The first kappa shape index (κ1) is 12.8. The van der Waals surface area contributed by atoms with Crippen molar-refractivity contribution in [3.8, 4) is 0 Å². The second-order valence-electron chi connectivity index (χ2n) is 4.05. The number of benzene rings is 1. The number of imidazole rings is 1. The molecule has 2 rings (SSSR count). The maximum Gasteiger partial charge on any atom is 0.178 e. The van der Waals surface area contributed by atoms with Gasteiger partial charge in [0.25, 0.3) is 0 Å². The van der Waals surface area contributed by atoms with Crippen molar-refractivity contribution in [2.45, 2.75) is 13.0 Å². The molecule has 1 aromatic carbocycles. The van der Waals surface area contributed by atoms with Gasteiger partial charge in [-0.1, -0.05) is 11.6 Å². The highest BCUT2D eigenvalue weighted by Crippen LogP contribution is 2.22. The molecule has 2 aromatic rings. The lowest BCUT2D eigenvalue weighted by Gasteiger charge is -2.12. The number of nitrogens with one attached hydrogen (secondary N) is 1. The van der Waals surface area contributed by atoms with Crippen LogP contribution in [0.4, 0.5) is 0 Å². The third-order valence-corrected chi connectivity index (χ3v) is 4.08. The Morgan fingerprint density at radius 3 is 2.94 bits per heavy atom. The van der Waals surface area contributed by atoms with E-state index in [1.54, 1.807) is 6.26 Å². The summed E-state index contributed by atoms with van der Waals surface area (Å²) in [6.07, 6.45) is 1.70. The standard InChI is InChI=1S/C11H13ClN2OS2/c1-7(6-17(2)15)14-10-4-3-8(12)5-9(10)13-11(14)16/h3-5,7H,6H2,1-2H3,(H,13,16). The fraction of sp³-hybridized carbons (Fsp3) is 0.364. The Labute approximate surface area is 112 Å². The largest absolute Gasteiger partial charge is 0.331 e. The van der Waals surface area contributed by atoms with E-state index in [-0.39, 0.29) is 6.04 Å². The van der Waals surface area contributed by atoms with Gasteiger partial charge in [-0.15, -0.1) is 0 Å². The molecule has 0 bridgehead atoms. The minimum Gasteiger partial charge on any atom is -0.331 e. The SMILES string of the molecule is CC(CS(C)=O)n1c(=S)[nH]c2cc(Cl)ccc21. The van der Waals surface area contributed by atoms with Crippen LogP contribution >= 0.6 is 23.8 Å². The Morgan fingerprint density at radius 2 is 2.29 bits per heavy atom. The topological polar surface area (TPSA) is 37.8 Å². The first-order valence-corrected chi connectivity index (χ1v) is 7.70. The number of aromatic amines is 1. The quantitative estimate of drug-likeness (QED) is 0.880. The molecule has 0 radical (unpaired) electrons. The molecule has 0 aliphatic carbocycles. The molecule has 0 saturated heterocycles. The van der Waals surface area contributed by atoms with Gasteiger partial charge in [0.1, 0.15) is 0 Å². The molecule has 0 aliphatic heterocycles. The number of halogens is 1. The monoisotopic (exact) mass is 288 g/mol. The molecular formula is C11H13ClN2OS2. The highest BCUT2D eigenvalue weighted by Gasteiger charge is 2.12. The third-order valence-electron chi connectivity index (χ3n) is 2.60. The minimum absolute atomic E-state index is 0.100. The summed E-state index contributed by atoms with van der Waals surface area (Å²) in [6.45, 7) is 2.01. The zero-order valence-electron chi connectivity index (χ0n) is 9.57. The van der Waals surface area contributed by atoms with Crippen molar-refractivity contribution in [3.05, 3.63) is 28.0 Å². The van der Waals surface area contributed by atoms with Crippen LogP contribution in [0, 0.1) is 4.77 Å². The minimum atomic E-state index is -0.843. The zero-order chi connectivity index (χ0) is 12.6. The average molecular weight is 289 g/mol. The molecular weight excluding hydrogens is 276 g/mol. The van der Waals surface area contributed by atoms with Gasteiger partial charge in [0.2, 0.25) is 0 Å². The molecule has 2 atom stereocenters. The van der Waals surface area contributed by atoms with E-state index in [0.29, 0.717) is 15.5 Å². The molecule has 2 unspecified atom stereocenters. The smallest absolute Gasteiger partial charge is 0.178 e. The Hall–Kier alpha value is -0.650. The number of hydrogen-bond acceptors (Lipinski definition) is 2. The highest BCUT2D eigenvalue weighted by molar-refractivity contribution is 7.84. The van der Waals surface area contributed by atoms with Gasteiger partial charge in [-0.25, -0.2) is 0 Å². The van der Waals surface area contributed by atoms with Crippen molar-refractivity contribution in [2.75, 3.05) is 12.0 Å². The first-order chi connectivity index (χ1) is 7.99. The van der Waals surface area contributed by atoms with Crippen LogP contribution in [0.25, 0.3) is 11.0 Å². The lowest BCUT2D eigenvalue weighted by Crippen LogP contribution is -2.12. The average Bonchev–Trinajstić information content (AvgIpc) is 2.51. The van der Waals surface area contributed by atoms with Crippen molar-refractivity contribution in [1.82, 2.24) is 9.55 Å². The van der Waals surface area contributed by atoms with E-state index in [4.69, 9.17) is 23.8 Å². The van der Waals surface area contributed by atoms with Crippen molar-refractivity contribution < 1.29 is 4.21 Å². The van der Waals surface area contributed by atoms with Gasteiger partial charge < -0.3 is 9.55 Å². The van der Waals surface area contributed by atoms with Gasteiger partial charge in [-0.05, 0) is 37.3 Å². The summed E-state index contributed by atoms with van der Waals surface area (Å²) in [5.74, 6) is 0.587. The summed E-state index contributed by atoms with van der Waals surface area (Å²) in [5.41, 5.74) is 1.91. The second-order valence-corrected chi connectivity index (χ2v) is 6.35. The molecule has 92 valence electrons. The molecule has 0 saturated carbocycles. The highest BCUT2D eigenvalue weighted by atomic mass is 35.5. The van der Waals surface area contributed by atoms with Crippen LogP contribution in [-0.4, -0.2) is 25.8 Å². The number of rotatable bonds is 3. The summed E-state index contributed by atoms with van der Waals surface area (Å²) < 4.78 is 13.9. The predicted octanol–water partition coefficient (Wildman–Crippen LogP) is 3.29. The van der Waals surface area contributed by atoms with Crippen LogP contribution in [0.5, 0.6) is 0 Å². The Kier molecular flexibility index (Phi) is 3.70. The summed E-state index contributed by atoms with van der Waals surface area (Å²) >= 11 is 11.2. The second kappa shape index (κ2) is 4.92. The van der Waals surface area contributed by atoms with Gasteiger partial charge in [0.15, 0.2) is 4.77 Å². The van der Waals surface area contributed by atoms with E-state index in [9.17, 15) is 4.21 Å². The van der Waals surface area contributed by atoms with Crippen LogP contribution in [-0.2, 0) is 10.8 Å². The van der Waals surface area contributed by atoms with E-state index in [0.717, 1.165) is 11.0 Å². The van der Waals surface area contributed by atoms with Crippen LogP contribution < -0.4 is 0 Å². The summed E-state index contributed by atoms with van der Waals surface area (Å²) in [4.78, 5) is 3.12. The number of hydrogen-bond donors (Lipinski definition) is 1. The van der Waals surface area contributed by atoms with Gasteiger partial charge in [0, 0.05) is 33.9 Å². The van der Waals surface area contributed by atoms with E-state index in [1.807, 2.05) is 29.7 Å². The van der Waals surface area contributed by atoms with Gasteiger partial charge in [0.05, 0.1) is 11.0 Å². The Morgan fingerprint density at radius 1 is 1.59 bits per heavy atom. The number of nitrogens with zero attached hydrogens (tertiary/aromatic N) is 1. The summed E-state index contributed by atoms with van der Waals surface area (Å²) in [6, 6.07) is 5.71. The van der Waals surface area contributed by atoms with E-state index < -0.39 is 10.8 Å². The van der Waals surface area contributed by atoms with Crippen molar-refractivity contribution >= 4 is 45.7 Å². The van der Waals surface area contributed by atoms with Crippen LogP contribution in [0.1, 0.15) is 13.0 Å². The normalized spacial score (nSPS) is 15.0. The van der Waals surface area contributed by atoms with Crippen molar-refractivity contribution in [2.24, 2.45) is 0 Å². The molecule has 6 heteroatoms. The van der Waals surface area contributed by atoms with Crippen LogP contribution in [0.3, 0.4) is 0 Å². The molecule has 0 spiro atoms. The lowest BCUT2D eigenvalue weighted by molar-refractivity contribution is 0.605. The predicted molar refractivity (Wildman–Crippen MR) is 75.8 cm³/mol. The molecule has 0 amide bonds. The number of aromatic nitrogens is 2. The van der Waals surface area contributed by atoms with Gasteiger partial charge in [-0.2, -0.15) is 0 Å². The summed E-state index contributed by atoms with van der Waals surface area (Å²) in [5, 5.41) is 0.674. The maximum atomic E-state index is 11.3. The Bertz CT molecular complexity index is 632. The van der Waals surface area contributed by atoms with Crippen molar-refractivity contribution in [3.63, 3.8) is 0 Å². The van der Waals surface area contributed by atoms with Gasteiger partial charge in [-0.3, -0.25) is 4.21 Å². The molecule has 1 heterocycles. The van der Waals surface area contributed by atoms with Crippen LogP contribution in [0.2, 0.25) is 5.02 Å². The van der Waals surface area contributed by atoms with E-state index in [2.05, 4.69) is 4.98 Å².